The Morgan fingerprint density at radius 2 is 2.17 bits per heavy atom. The van der Waals surface area contributed by atoms with Gasteiger partial charge in [0.1, 0.15) is 0 Å². The molecule has 0 aromatic heterocycles. The van der Waals surface area contributed by atoms with Crippen molar-refractivity contribution in [2.75, 3.05) is 38.5 Å². The van der Waals surface area contributed by atoms with Gasteiger partial charge in [0.05, 0.1) is 12.3 Å². The van der Waals surface area contributed by atoms with Gasteiger partial charge >= 0.3 is 0 Å². The molecule has 24 heavy (non-hydrogen) atoms. The standard InChI is InChI=1S/C18H25N3O2S/c1-14-5-2-3-7-16(14)24-13-18(23)20-9-4-6-15(12-20)21-10-8-19-11-17(21)22/h2-3,5,7,15,19H,4,6,8-13H2,1H3. The van der Waals surface area contributed by atoms with Crippen molar-refractivity contribution in [3.63, 3.8) is 0 Å². The van der Waals surface area contributed by atoms with Gasteiger partial charge in [0, 0.05) is 37.1 Å². The van der Waals surface area contributed by atoms with Gasteiger partial charge in [-0.25, -0.2) is 0 Å². The third-order valence-electron chi connectivity index (χ3n) is 4.76. The number of nitrogens with one attached hydrogen (secondary N) is 1. The Morgan fingerprint density at radius 3 is 2.96 bits per heavy atom. The lowest BCUT2D eigenvalue weighted by atomic mass is 10.0. The fraction of sp³-hybridized carbons (Fsp3) is 0.556. The van der Waals surface area contributed by atoms with Gasteiger partial charge in [-0.3, -0.25) is 9.59 Å². The number of carbonyl (C=O) groups is 2. The second kappa shape index (κ2) is 8.03. The van der Waals surface area contributed by atoms with E-state index in [1.807, 2.05) is 21.9 Å². The van der Waals surface area contributed by atoms with Gasteiger partial charge < -0.3 is 15.1 Å². The Bertz CT molecular complexity index is 608. The van der Waals surface area contributed by atoms with E-state index in [-0.39, 0.29) is 17.9 Å². The van der Waals surface area contributed by atoms with Gasteiger partial charge in [0.25, 0.3) is 0 Å². The van der Waals surface area contributed by atoms with Crippen molar-refractivity contribution >= 4 is 23.6 Å². The molecule has 1 aromatic carbocycles. The number of thioether (sulfide) groups is 1. The SMILES string of the molecule is Cc1ccccc1SCC(=O)N1CCCC(N2CCNCC2=O)C1. The average molecular weight is 347 g/mol. The summed E-state index contributed by atoms with van der Waals surface area (Å²) < 4.78 is 0. The summed E-state index contributed by atoms with van der Waals surface area (Å²) in [5.41, 5.74) is 1.21. The fourth-order valence-electron chi connectivity index (χ4n) is 3.39. The summed E-state index contributed by atoms with van der Waals surface area (Å²) in [6, 6.07) is 8.33. The highest BCUT2D eigenvalue weighted by Crippen LogP contribution is 2.23. The zero-order valence-electron chi connectivity index (χ0n) is 14.2. The summed E-state index contributed by atoms with van der Waals surface area (Å²) >= 11 is 1.60. The van der Waals surface area contributed by atoms with Crippen LogP contribution in [0.5, 0.6) is 0 Å². The molecule has 1 N–H and O–H groups in total. The number of amides is 2. The Kier molecular flexibility index (Phi) is 5.79. The summed E-state index contributed by atoms with van der Waals surface area (Å²) in [6.45, 7) is 5.58. The highest BCUT2D eigenvalue weighted by Gasteiger charge is 2.31. The minimum atomic E-state index is 0.162. The summed E-state index contributed by atoms with van der Waals surface area (Å²) in [4.78, 5) is 29.7. The van der Waals surface area contributed by atoms with Crippen LogP contribution in [-0.2, 0) is 9.59 Å². The third-order valence-corrected chi connectivity index (χ3v) is 5.92. The first-order valence-corrected chi connectivity index (χ1v) is 9.60. The molecule has 6 heteroatoms. The van der Waals surface area contributed by atoms with E-state index in [0.29, 0.717) is 18.8 Å². The quantitative estimate of drug-likeness (QED) is 0.839. The number of hydrogen-bond donors (Lipinski definition) is 1. The topological polar surface area (TPSA) is 52.7 Å². The van der Waals surface area contributed by atoms with Gasteiger partial charge in [0.2, 0.25) is 11.8 Å². The molecule has 2 heterocycles. The van der Waals surface area contributed by atoms with E-state index in [4.69, 9.17) is 0 Å². The van der Waals surface area contributed by atoms with Gasteiger partial charge in [-0.05, 0) is 31.4 Å². The first-order valence-electron chi connectivity index (χ1n) is 8.61. The molecule has 5 nitrogen and oxygen atoms in total. The van der Waals surface area contributed by atoms with Crippen molar-refractivity contribution in [2.45, 2.75) is 30.7 Å². The molecule has 2 saturated heterocycles. The molecular weight excluding hydrogens is 322 g/mol. The minimum absolute atomic E-state index is 0.162. The molecule has 2 fully saturated rings. The van der Waals surface area contributed by atoms with Crippen LogP contribution in [0.2, 0.25) is 0 Å². The van der Waals surface area contributed by atoms with E-state index < -0.39 is 0 Å². The van der Waals surface area contributed by atoms with Crippen LogP contribution in [0.25, 0.3) is 0 Å². The first-order chi connectivity index (χ1) is 11.6. The van der Waals surface area contributed by atoms with Crippen molar-refractivity contribution in [1.82, 2.24) is 15.1 Å². The maximum atomic E-state index is 12.6. The number of hydrogen-bond acceptors (Lipinski definition) is 4. The van der Waals surface area contributed by atoms with E-state index in [9.17, 15) is 9.59 Å². The molecule has 2 aliphatic heterocycles. The smallest absolute Gasteiger partial charge is 0.236 e. The Hall–Kier alpha value is -1.53. The monoisotopic (exact) mass is 347 g/mol. The van der Waals surface area contributed by atoms with Gasteiger partial charge in [0.15, 0.2) is 0 Å². The molecule has 2 amide bonds. The molecule has 0 saturated carbocycles. The summed E-state index contributed by atoms with van der Waals surface area (Å²) in [7, 11) is 0. The molecule has 0 aliphatic carbocycles. The van der Waals surface area contributed by atoms with Gasteiger partial charge in [-0.15, -0.1) is 11.8 Å². The molecule has 130 valence electrons. The lowest BCUT2D eigenvalue weighted by Crippen LogP contribution is -2.57. The number of aryl methyl sites for hydroxylation is 1. The van der Waals surface area contributed by atoms with Crippen LogP contribution < -0.4 is 5.32 Å². The molecule has 1 aromatic rings. The number of rotatable bonds is 4. The zero-order chi connectivity index (χ0) is 16.9. The van der Waals surface area contributed by atoms with Gasteiger partial charge in [-0.1, -0.05) is 18.2 Å². The molecule has 0 spiro atoms. The van der Waals surface area contributed by atoms with Crippen LogP contribution in [-0.4, -0.2) is 66.1 Å². The Labute approximate surface area is 147 Å². The molecule has 1 unspecified atom stereocenters. The number of benzene rings is 1. The number of nitrogens with zero attached hydrogens (tertiary/aromatic N) is 2. The lowest BCUT2D eigenvalue weighted by Gasteiger charge is -2.41. The predicted molar refractivity (Wildman–Crippen MR) is 96.1 cm³/mol. The van der Waals surface area contributed by atoms with E-state index in [1.165, 1.54) is 5.56 Å². The number of carbonyl (C=O) groups excluding carboxylic acids is 2. The zero-order valence-corrected chi connectivity index (χ0v) is 15.0. The largest absolute Gasteiger partial charge is 0.340 e. The van der Waals surface area contributed by atoms with E-state index >= 15 is 0 Å². The van der Waals surface area contributed by atoms with Crippen molar-refractivity contribution in [2.24, 2.45) is 0 Å². The first kappa shape index (κ1) is 17.3. The van der Waals surface area contributed by atoms with Crippen molar-refractivity contribution < 1.29 is 9.59 Å². The highest BCUT2D eigenvalue weighted by molar-refractivity contribution is 8.00. The van der Waals surface area contributed by atoms with Gasteiger partial charge in [-0.2, -0.15) is 0 Å². The summed E-state index contributed by atoms with van der Waals surface area (Å²) in [5.74, 6) is 0.804. The third kappa shape index (κ3) is 4.11. The fourth-order valence-corrected chi connectivity index (χ4v) is 4.32. The van der Waals surface area contributed by atoms with E-state index in [2.05, 4.69) is 24.4 Å². The van der Waals surface area contributed by atoms with Crippen LogP contribution in [0.15, 0.2) is 29.2 Å². The second-order valence-corrected chi connectivity index (χ2v) is 7.47. The molecule has 0 radical (unpaired) electrons. The molecule has 2 aliphatic rings. The maximum absolute atomic E-state index is 12.6. The van der Waals surface area contributed by atoms with Crippen molar-refractivity contribution in [3.05, 3.63) is 29.8 Å². The van der Waals surface area contributed by atoms with Crippen LogP contribution >= 0.6 is 11.8 Å². The Morgan fingerprint density at radius 1 is 1.33 bits per heavy atom. The predicted octanol–water partition coefficient (Wildman–Crippen LogP) is 1.51. The molecular formula is C18H25N3O2S. The highest BCUT2D eigenvalue weighted by atomic mass is 32.2. The lowest BCUT2D eigenvalue weighted by molar-refractivity contribution is -0.139. The van der Waals surface area contributed by atoms with Crippen molar-refractivity contribution in [1.29, 1.82) is 0 Å². The van der Waals surface area contributed by atoms with E-state index in [0.717, 1.165) is 37.4 Å². The number of likely N-dealkylation sites (tertiary alicyclic amines) is 1. The average Bonchev–Trinajstić information content (AvgIpc) is 2.61. The minimum Gasteiger partial charge on any atom is -0.340 e. The van der Waals surface area contributed by atoms with Crippen molar-refractivity contribution in [3.8, 4) is 0 Å². The van der Waals surface area contributed by atoms with Crippen LogP contribution in [0.3, 0.4) is 0 Å². The molecule has 0 bridgehead atoms. The molecule has 1 atom stereocenters. The Balaban J connectivity index is 1.55. The van der Waals surface area contributed by atoms with Crippen LogP contribution in [0.4, 0.5) is 0 Å². The maximum Gasteiger partial charge on any atom is 0.236 e. The summed E-state index contributed by atoms with van der Waals surface area (Å²) in [5, 5.41) is 3.11. The normalized spacial score (nSPS) is 21.9. The van der Waals surface area contributed by atoms with Crippen LogP contribution in [0.1, 0.15) is 18.4 Å². The van der Waals surface area contributed by atoms with Crippen LogP contribution in [0, 0.1) is 6.92 Å². The number of piperidine rings is 1. The second-order valence-electron chi connectivity index (χ2n) is 6.45. The number of piperazine rings is 1. The molecule has 3 rings (SSSR count). The van der Waals surface area contributed by atoms with E-state index in [1.54, 1.807) is 11.8 Å². The summed E-state index contributed by atoms with van der Waals surface area (Å²) in [6.07, 6.45) is 1.98.